The fourth-order valence-corrected chi connectivity index (χ4v) is 3.26. The fourth-order valence-electron chi connectivity index (χ4n) is 3.26. The smallest absolute Gasteiger partial charge is 0.317 e. The van der Waals surface area contributed by atoms with Crippen molar-refractivity contribution < 1.29 is 15.0 Å². The zero-order valence-corrected chi connectivity index (χ0v) is 13.6. The van der Waals surface area contributed by atoms with Gasteiger partial charge in [-0.25, -0.2) is 0 Å². The van der Waals surface area contributed by atoms with Crippen LogP contribution in [0.4, 0.5) is 17.6 Å². The molecule has 0 bridgehead atoms. The summed E-state index contributed by atoms with van der Waals surface area (Å²) in [5, 5.41) is 19.1. The first-order valence-electron chi connectivity index (χ1n) is 8.28. The Balaban J connectivity index is 1.76. The van der Waals surface area contributed by atoms with Gasteiger partial charge in [0.25, 0.3) is 0 Å². The van der Waals surface area contributed by atoms with E-state index in [1.807, 2.05) is 4.90 Å². The van der Waals surface area contributed by atoms with Crippen LogP contribution in [0.2, 0.25) is 0 Å². The van der Waals surface area contributed by atoms with Crippen molar-refractivity contribution in [2.75, 3.05) is 61.3 Å². The van der Waals surface area contributed by atoms with Crippen molar-refractivity contribution in [1.82, 2.24) is 14.9 Å². The molecule has 2 aliphatic rings. The Hall–Kier alpha value is -2.13. The molecule has 0 amide bonds. The summed E-state index contributed by atoms with van der Waals surface area (Å²) in [4.78, 5) is 25.6. The van der Waals surface area contributed by atoms with Crippen LogP contribution in [0.3, 0.4) is 0 Å². The lowest BCUT2D eigenvalue weighted by Gasteiger charge is -2.25. The molecule has 132 valence electrons. The van der Waals surface area contributed by atoms with Gasteiger partial charge in [-0.2, -0.15) is 9.97 Å². The fraction of sp³-hybridized carbons (Fsp3) is 0.667. The molecule has 9 heteroatoms. The quantitative estimate of drug-likeness (QED) is 0.651. The van der Waals surface area contributed by atoms with Crippen LogP contribution in [0, 0.1) is 0 Å². The van der Waals surface area contributed by atoms with Crippen LogP contribution in [-0.4, -0.2) is 83.0 Å². The molecule has 2 aliphatic heterocycles. The lowest BCUT2D eigenvalue weighted by molar-refractivity contribution is -0.138. The molecule has 1 aromatic heterocycles. The molecule has 0 aromatic carbocycles. The Morgan fingerprint density at radius 2 is 1.92 bits per heavy atom. The Kier molecular flexibility index (Phi) is 5.00. The number of hydrogen-bond acceptors (Lipinski definition) is 8. The highest BCUT2D eigenvalue weighted by Gasteiger charge is 2.25. The normalized spacial score (nSPS) is 22.6. The van der Waals surface area contributed by atoms with Gasteiger partial charge < -0.3 is 25.7 Å². The van der Waals surface area contributed by atoms with Crippen molar-refractivity contribution >= 4 is 23.6 Å². The second kappa shape index (κ2) is 7.18. The Bertz CT molecular complexity index is 593. The SMILES string of the molecule is Nc1cc(N2CCN(CC(=O)O)CC(O)C2)nc(N2CCCC2)n1. The van der Waals surface area contributed by atoms with Gasteiger partial charge in [0.1, 0.15) is 11.6 Å². The van der Waals surface area contributed by atoms with E-state index in [0.29, 0.717) is 43.8 Å². The van der Waals surface area contributed by atoms with Crippen molar-refractivity contribution in [3.8, 4) is 0 Å². The molecule has 2 fully saturated rings. The minimum absolute atomic E-state index is 0.0736. The Morgan fingerprint density at radius 1 is 1.17 bits per heavy atom. The number of nitrogens with two attached hydrogens (primary N) is 1. The van der Waals surface area contributed by atoms with Gasteiger partial charge in [-0.05, 0) is 12.8 Å². The number of rotatable bonds is 4. The van der Waals surface area contributed by atoms with Crippen LogP contribution in [0.5, 0.6) is 0 Å². The summed E-state index contributed by atoms with van der Waals surface area (Å²) in [7, 11) is 0. The minimum Gasteiger partial charge on any atom is -0.480 e. The molecule has 4 N–H and O–H groups in total. The van der Waals surface area contributed by atoms with Gasteiger partial charge in [-0.1, -0.05) is 0 Å². The highest BCUT2D eigenvalue weighted by molar-refractivity contribution is 5.69. The van der Waals surface area contributed by atoms with Crippen molar-refractivity contribution in [2.24, 2.45) is 0 Å². The Labute approximate surface area is 140 Å². The summed E-state index contributed by atoms with van der Waals surface area (Å²) in [5.74, 6) is 0.825. The summed E-state index contributed by atoms with van der Waals surface area (Å²) in [6.07, 6.45) is 1.61. The van der Waals surface area contributed by atoms with Crippen LogP contribution in [0.1, 0.15) is 12.8 Å². The molecule has 1 unspecified atom stereocenters. The molecule has 0 radical (unpaired) electrons. The third kappa shape index (κ3) is 4.04. The molecule has 0 saturated carbocycles. The van der Waals surface area contributed by atoms with Crippen LogP contribution >= 0.6 is 0 Å². The topological polar surface area (TPSA) is 119 Å². The van der Waals surface area contributed by atoms with Crippen LogP contribution in [0.25, 0.3) is 0 Å². The number of aliphatic carboxylic acids is 1. The number of carboxylic acid groups (broad SMARTS) is 1. The summed E-state index contributed by atoms with van der Waals surface area (Å²) in [6.45, 7) is 3.65. The maximum Gasteiger partial charge on any atom is 0.317 e. The van der Waals surface area contributed by atoms with E-state index in [1.54, 1.807) is 11.0 Å². The van der Waals surface area contributed by atoms with Crippen molar-refractivity contribution in [3.63, 3.8) is 0 Å². The first kappa shape index (κ1) is 16.7. The summed E-state index contributed by atoms with van der Waals surface area (Å²) in [6, 6.07) is 1.71. The number of carbonyl (C=O) groups is 1. The van der Waals surface area contributed by atoms with Gasteiger partial charge in [0.15, 0.2) is 0 Å². The average Bonchev–Trinajstić information content (AvgIpc) is 2.98. The third-order valence-electron chi connectivity index (χ3n) is 4.38. The molecular weight excluding hydrogens is 312 g/mol. The van der Waals surface area contributed by atoms with E-state index in [4.69, 9.17) is 10.8 Å². The van der Waals surface area contributed by atoms with Gasteiger partial charge >= 0.3 is 5.97 Å². The monoisotopic (exact) mass is 336 g/mol. The number of anilines is 3. The van der Waals surface area contributed by atoms with E-state index in [1.165, 1.54) is 0 Å². The lowest BCUT2D eigenvalue weighted by atomic mass is 10.3. The van der Waals surface area contributed by atoms with Crippen molar-refractivity contribution in [1.29, 1.82) is 0 Å². The number of aliphatic hydroxyl groups is 1. The largest absolute Gasteiger partial charge is 0.480 e. The average molecular weight is 336 g/mol. The van der Waals surface area contributed by atoms with Gasteiger partial charge in [0, 0.05) is 45.3 Å². The second-order valence-corrected chi connectivity index (χ2v) is 6.37. The van der Waals surface area contributed by atoms with Crippen LogP contribution in [-0.2, 0) is 4.79 Å². The molecule has 1 aromatic rings. The van der Waals surface area contributed by atoms with E-state index in [-0.39, 0.29) is 6.54 Å². The highest BCUT2D eigenvalue weighted by atomic mass is 16.4. The van der Waals surface area contributed by atoms with Crippen LogP contribution < -0.4 is 15.5 Å². The van der Waals surface area contributed by atoms with Gasteiger partial charge in [0.05, 0.1) is 12.6 Å². The lowest BCUT2D eigenvalue weighted by Crippen LogP contribution is -2.36. The molecule has 2 saturated heterocycles. The summed E-state index contributed by atoms with van der Waals surface area (Å²) >= 11 is 0. The standard InChI is InChI=1S/C15H24N6O3/c16-12-7-13(18-15(17-12)20-3-1-2-4-20)21-6-5-19(10-14(23)24)8-11(22)9-21/h7,11,22H,1-6,8-10H2,(H,23,24)(H2,16,17,18). The maximum atomic E-state index is 10.9. The number of aliphatic hydroxyl groups excluding tert-OH is 1. The molecule has 0 aliphatic carbocycles. The minimum atomic E-state index is -0.891. The van der Waals surface area contributed by atoms with E-state index >= 15 is 0 Å². The van der Waals surface area contributed by atoms with Gasteiger partial charge in [-0.3, -0.25) is 9.69 Å². The molecule has 3 heterocycles. The van der Waals surface area contributed by atoms with Gasteiger partial charge in [-0.15, -0.1) is 0 Å². The molecule has 0 spiro atoms. The maximum absolute atomic E-state index is 10.9. The number of aromatic nitrogens is 2. The van der Waals surface area contributed by atoms with E-state index < -0.39 is 12.1 Å². The molecule has 1 atom stereocenters. The van der Waals surface area contributed by atoms with Crippen LogP contribution in [0.15, 0.2) is 6.07 Å². The first-order chi connectivity index (χ1) is 11.5. The van der Waals surface area contributed by atoms with E-state index in [2.05, 4.69) is 14.9 Å². The predicted molar refractivity (Wildman–Crippen MR) is 90.2 cm³/mol. The molecule has 3 rings (SSSR count). The van der Waals surface area contributed by atoms with Gasteiger partial charge in [0.2, 0.25) is 5.95 Å². The second-order valence-electron chi connectivity index (χ2n) is 6.37. The molecule has 24 heavy (non-hydrogen) atoms. The number of hydrogen-bond donors (Lipinski definition) is 3. The highest BCUT2D eigenvalue weighted by Crippen LogP contribution is 2.22. The number of β-amino-alcohol motifs (C(OH)–C–C–N with tert-alkyl or cyclic N) is 1. The zero-order valence-electron chi connectivity index (χ0n) is 13.6. The number of carboxylic acids is 1. The third-order valence-corrected chi connectivity index (χ3v) is 4.38. The zero-order chi connectivity index (χ0) is 17.1. The first-order valence-corrected chi connectivity index (χ1v) is 8.28. The number of nitrogen functional groups attached to an aromatic ring is 1. The number of nitrogens with zero attached hydrogens (tertiary/aromatic N) is 5. The summed E-state index contributed by atoms with van der Waals surface area (Å²) < 4.78 is 0. The van der Waals surface area contributed by atoms with E-state index in [0.717, 1.165) is 25.9 Å². The molecule has 9 nitrogen and oxygen atoms in total. The summed E-state index contributed by atoms with van der Waals surface area (Å²) in [5.41, 5.74) is 5.95. The predicted octanol–water partition coefficient (Wildman–Crippen LogP) is -0.773. The van der Waals surface area contributed by atoms with Crippen molar-refractivity contribution in [3.05, 3.63) is 6.07 Å². The van der Waals surface area contributed by atoms with Crippen molar-refractivity contribution in [2.45, 2.75) is 18.9 Å². The van der Waals surface area contributed by atoms with E-state index in [9.17, 15) is 9.90 Å². The Morgan fingerprint density at radius 3 is 2.62 bits per heavy atom. The molecular formula is C15H24N6O3.